The Morgan fingerprint density at radius 1 is 1.08 bits per heavy atom. The standard InChI is InChI=1S/C20H22N2O3S/c1-25-17-9-7-15(8-10-17)12-22-18(20(24)21-11-19(22)23)14-26-13-16-5-3-2-4-6-16/h2-10,18H,11-14H2,1H3,(H,21,24)/t18-/m1/s1. The van der Waals surface area contributed by atoms with Crippen molar-refractivity contribution in [1.82, 2.24) is 10.2 Å². The van der Waals surface area contributed by atoms with E-state index >= 15 is 0 Å². The van der Waals surface area contributed by atoms with Crippen molar-refractivity contribution in [3.05, 3.63) is 65.7 Å². The quantitative estimate of drug-likeness (QED) is 0.813. The first-order valence-electron chi connectivity index (χ1n) is 8.49. The highest BCUT2D eigenvalue weighted by Gasteiger charge is 2.34. The van der Waals surface area contributed by atoms with Crippen LogP contribution in [-0.2, 0) is 21.9 Å². The number of hydrogen-bond acceptors (Lipinski definition) is 4. The van der Waals surface area contributed by atoms with Crippen molar-refractivity contribution in [3.8, 4) is 5.75 Å². The summed E-state index contributed by atoms with van der Waals surface area (Å²) < 4.78 is 5.17. The number of ether oxygens (including phenoxy) is 1. The fourth-order valence-electron chi connectivity index (χ4n) is 2.85. The molecule has 3 rings (SSSR count). The van der Waals surface area contributed by atoms with E-state index in [2.05, 4.69) is 17.4 Å². The van der Waals surface area contributed by atoms with E-state index in [1.165, 1.54) is 5.56 Å². The Hall–Kier alpha value is -2.47. The molecule has 1 N–H and O–H groups in total. The largest absolute Gasteiger partial charge is 0.497 e. The molecule has 0 aliphatic carbocycles. The molecule has 0 unspecified atom stereocenters. The van der Waals surface area contributed by atoms with Gasteiger partial charge in [-0.2, -0.15) is 11.8 Å². The van der Waals surface area contributed by atoms with Gasteiger partial charge < -0.3 is 15.0 Å². The number of carbonyl (C=O) groups is 2. The van der Waals surface area contributed by atoms with Gasteiger partial charge in [-0.1, -0.05) is 42.5 Å². The van der Waals surface area contributed by atoms with Gasteiger partial charge in [-0.15, -0.1) is 0 Å². The van der Waals surface area contributed by atoms with Crippen LogP contribution in [0.1, 0.15) is 11.1 Å². The van der Waals surface area contributed by atoms with E-state index in [9.17, 15) is 9.59 Å². The molecule has 0 bridgehead atoms. The number of thioether (sulfide) groups is 1. The summed E-state index contributed by atoms with van der Waals surface area (Å²) in [6.07, 6.45) is 0. The van der Waals surface area contributed by atoms with Crippen molar-refractivity contribution in [1.29, 1.82) is 0 Å². The number of amides is 2. The van der Waals surface area contributed by atoms with Crippen molar-refractivity contribution in [2.24, 2.45) is 0 Å². The second-order valence-corrected chi connectivity index (χ2v) is 7.13. The number of rotatable bonds is 7. The molecule has 1 saturated heterocycles. The van der Waals surface area contributed by atoms with Crippen molar-refractivity contribution >= 4 is 23.6 Å². The lowest BCUT2D eigenvalue weighted by Crippen LogP contribution is -2.58. The van der Waals surface area contributed by atoms with Crippen LogP contribution in [0, 0.1) is 0 Å². The summed E-state index contributed by atoms with van der Waals surface area (Å²) in [6.45, 7) is 0.488. The minimum atomic E-state index is -0.452. The van der Waals surface area contributed by atoms with Crippen LogP contribution in [0.4, 0.5) is 0 Å². The summed E-state index contributed by atoms with van der Waals surface area (Å²) in [6, 6.07) is 17.2. The second kappa shape index (κ2) is 8.76. The van der Waals surface area contributed by atoms with Crippen molar-refractivity contribution in [2.75, 3.05) is 19.4 Å². The van der Waals surface area contributed by atoms with Crippen LogP contribution < -0.4 is 10.1 Å². The molecule has 1 fully saturated rings. The molecule has 1 atom stereocenters. The van der Waals surface area contributed by atoms with Gasteiger partial charge in [-0.3, -0.25) is 9.59 Å². The smallest absolute Gasteiger partial charge is 0.244 e. The lowest BCUT2D eigenvalue weighted by molar-refractivity contribution is -0.145. The lowest BCUT2D eigenvalue weighted by atomic mass is 10.1. The van der Waals surface area contributed by atoms with Crippen LogP contribution in [-0.4, -0.2) is 42.2 Å². The van der Waals surface area contributed by atoms with E-state index in [0.29, 0.717) is 12.3 Å². The number of nitrogens with one attached hydrogen (secondary N) is 1. The topological polar surface area (TPSA) is 58.6 Å². The Kier molecular flexibility index (Phi) is 6.17. The van der Waals surface area contributed by atoms with E-state index in [-0.39, 0.29) is 18.4 Å². The SMILES string of the molecule is COc1ccc(CN2C(=O)CNC(=O)[C@H]2CSCc2ccccc2)cc1. The highest BCUT2D eigenvalue weighted by molar-refractivity contribution is 7.98. The molecule has 1 aliphatic rings. The van der Waals surface area contributed by atoms with Gasteiger partial charge in [-0.05, 0) is 23.3 Å². The van der Waals surface area contributed by atoms with Crippen molar-refractivity contribution in [3.63, 3.8) is 0 Å². The summed E-state index contributed by atoms with van der Waals surface area (Å²) in [7, 11) is 1.62. The minimum absolute atomic E-state index is 0.0503. The Labute approximate surface area is 157 Å². The predicted molar refractivity (Wildman–Crippen MR) is 103 cm³/mol. The van der Waals surface area contributed by atoms with Gasteiger partial charge >= 0.3 is 0 Å². The first-order valence-corrected chi connectivity index (χ1v) is 9.64. The number of methoxy groups -OCH3 is 1. The van der Waals surface area contributed by atoms with Crippen LogP contribution >= 0.6 is 11.8 Å². The molecule has 2 aromatic carbocycles. The average molecular weight is 370 g/mol. The first kappa shape index (κ1) is 18.3. The normalized spacial score (nSPS) is 17.1. The van der Waals surface area contributed by atoms with Gasteiger partial charge in [0.05, 0.1) is 13.7 Å². The molecule has 0 aromatic heterocycles. The van der Waals surface area contributed by atoms with E-state index in [0.717, 1.165) is 17.1 Å². The Bertz CT molecular complexity index is 749. The average Bonchev–Trinajstić information content (AvgIpc) is 2.68. The molecule has 2 amide bonds. The predicted octanol–water partition coefficient (Wildman–Crippen LogP) is 2.46. The minimum Gasteiger partial charge on any atom is -0.497 e. The van der Waals surface area contributed by atoms with Gasteiger partial charge in [0.25, 0.3) is 0 Å². The number of benzene rings is 2. The van der Waals surface area contributed by atoms with Gasteiger partial charge in [0.2, 0.25) is 11.8 Å². The third-order valence-corrected chi connectivity index (χ3v) is 5.40. The molecule has 5 nitrogen and oxygen atoms in total. The maximum Gasteiger partial charge on any atom is 0.244 e. The number of hydrogen-bond donors (Lipinski definition) is 1. The zero-order valence-electron chi connectivity index (χ0n) is 14.7. The second-order valence-electron chi connectivity index (χ2n) is 6.10. The molecule has 1 aliphatic heterocycles. The summed E-state index contributed by atoms with van der Waals surface area (Å²) in [5, 5.41) is 2.70. The number of piperazine rings is 1. The van der Waals surface area contributed by atoms with E-state index in [4.69, 9.17) is 4.74 Å². The molecule has 1 heterocycles. The maximum atomic E-state index is 12.4. The lowest BCUT2D eigenvalue weighted by Gasteiger charge is -2.35. The van der Waals surface area contributed by atoms with Gasteiger partial charge in [0.15, 0.2) is 0 Å². The fraction of sp³-hybridized carbons (Fsp3) is 0.300. The number of carbonyl (C=O) groups excluding carboxylic acids is 2. The van der Waals surface area contributed by atoms with Gasteiger partial charge in [0.1, 0.15) is 11.8 Å². The van der Waals surface area contributed by atoms with E-state index in [1.807, 2.05) is 42.5 Å². The summed E-state index contributed by atoms with van der Waals surface area (Å²) in [5.74, 6) is 2.02. The Morgan fingerprint density at radius 3 is 2.50 bits per heavy atom. The molecule has 2 aromatic rings. The molecular formula is C20H22N2O3S. The van der Waals surface area contributed by atoms with Crippen LogP contribution in [0.25, 0.3) is 0 Å². The van der Waals surface area contributed by atoms with Crippen LogP contribution in [0.15, 0.2) is 54.6 Å². The van der Waals surface area contributed by atoms with Crippen LogP contribution in [0.2, 0.25) is 0 Å². The number of nitrogens with zero attached hydrogens (tertiary/aromatic N) is 1. The molecule has 0 spiro atoms. The zero-order valence-corrected chi connectivity index (χ0v) is 15.5. The Morgan fingerprint density at radius 2 is 1.81 bits per heavy atom. The van der Waals surface area contributed by atoms with Crippen LogP contribution in [0.5, 0.6) is 5.75 Å². The molecule has 136 valence electrons. The molecule has 6 heteroatoms. The zero-order chi connectivity index (χ0) is 18.4. The monoisotopic (exact) mass is 370 g/mol. The summed E-state index contributed by atoms with van der Waals surface area (Å²) >= 11 is 1.66. The van der Waals surface area contributed by atoms with Crippen molar-refractivity contribution in [2.45, 2.75) is 18.3 Å². The maximum absolute atomic E-state index is 12.4. The molecule has 0 radical (unpaired) electrons. The summed E-state index contributed by atoms with van der Waals surface area (Å²) in [4.78, 5) is 26.4. The van der Waals surface area contributed by atoms with Gasteiger partial charge in [0, 0.05) is 18.1 Å². The molecular weight excluding hydrogens is 348 g/mol. The van der Waals surface area contributed by atoms with Gasteiger partial charge in [-0.25, -0.2) is 0 Å². The fourth-order valence-corrected chi connectivity index (χ4v) is 3.95. The molecule has 0 saturated carbocycles. The molecule has 26 heavy (non-hydrogen) atoms. The highest BCUT2D eigenvalue weighted by atomic mass is 32.2. The van der Waals surface area contributed by atoms with E-state index < -0.39 is 6.04 Å². The van der Waals surface area contributed by atoms with E-state index in [1.54, 1.807) is 23.8 Å². The third kappa shape index (κ3) is 4.58. The first-order chi connectivity index (χ1) is 12.7. The Balaban J connectivity index is 1.65. The highest BCUT2D eigenvalue weighted by Crippen LogP contribution is 2.20. The van der Waals surface area contributed by atoms with Crippen molar-refractivity contribution < 1.29 is 14.3 Å². The third-order valence-electron chi connectivity index (χ3n) is 4.31. The summed E-state index contributed by atoms with van der Waals surface area (Å²) in [5.41, 5.74) is 2.19. The van der Waals surface area contributed by atoms with Crippen LogP contribution in [0.3, 0.4) is 0 Å².